The molecule has 1 heterocycles. The lowest BCUT2D eigenvalue weighted by Gasteiger charge is -2.15. The summed E-state index contributed by atoms with van der Waals surface area (Å²) < 4.78 is 11.3. The van der Waals surface area contributed by atoms with Gasteiger partial charge in [-0.05, 0) is 51.7 Å². The molecule has 1 aromatic heterocycles. The molecule has 0 saturated heterocycles. The van der Waals surface area contributed by atoms with E-state index in [2.05, 4.69) is 51.1 Å². The average Bonchev–Trinajstić information content (AvgIpc) is 3.13. The molecular weight excluding hydrogens is 384 g/mol. The normalized spacial score (nSPS) is 11.5. The SMILES string of the molecule is CCOCCOc1cc(C)ccc1CNC(=NC)NCCCCc1nc(C)cs1. The number of aryl methyl sites for hydroxylation is 3. The second kappa shape index (κ2) is 13.2. The monoisotopic (exact) mass is 418 g/mol. The number of aromatic nitrogens is 1. The number of hydrogen-bond acceptors (Lipinski definition) is 5. The summed E-state index contributed by atoms with van der Waals surface area (Å²) in [6, 6.07) is 6.27. The number of guanidine groups is 1. The maximum absolute atomic E-state index is 5.91. The van der Waals surface area contributed by atoms with Crippen LogP contribution in [0.25, 0.3) is 0 Å². The van der Waals surface area contributed by atoms with Crippen molar-refractivity contribution in [3.05, 3.63) is 45.4 Å². The fraction of sp³-hybridized carbons (Fsp3) is 0.545. The molecule has 0 aliphatic carbocycles. The number of rotatable bonds is 12. The minimum absolute atomic E-state index is 0.551. The summed E-state index contributed by atoms with van der Waals surface area (Å²) in [4.78, 5) is 8.83. The standard InChI is InChI=1S/C22H34N4O2S/c1-5-27-12-13-28-20-14-17(2)9-10-19(20)15-25-22(23-4)24-11-7-6-8-21-26-18(3)16-29-21/h9-10,14,16H,5-8,11-13,15H2,1-4H3,(H2,23,24,25). The highest BCUT2D eigenvalue weighted by molar-refractivity contribution is 7.09. The van der Waals surface area contributed by atoms with Crippen LogP contribution in [0.5, 0.6) is 5.75 Å². The molecule has 0 unspecified atom stereocenters. The van der Waals surface area contributed by atoms with Gasteiger partial charge in [0.2, 0.25) is 0 Å². The maximum atomic E-state index is 5.91. The van der Waals surface area contributed by atoms with Gasteiger partial charge < -0.3 is 20.1 Å². The van der Waals surface area contributed by atoms with E-state index in [0.29, 0.717) is 26.4 Å². The van der Waals surface area contributed by atoms with Crippen LogP contribution >= 0.6 is 11.3 Å². The zero-order valence-electron chi connectivity index (χ0n) is 18.1. The lowest BCUT2D eigenvalue weighted by molar-refractivity contribution is 0.110. The van der Waals surface area contributed by atoms with Crippen molar-refractivity contribution in [2.45, 2.75) is 46.6 Å². The molecule has 2 N–H and O–H groups in total. The molecule has 1 aromatic carbocycles. The minimum Gasteiger partial charge on any atom is -0.491 e. The first-order chi connectivity index (χ1) is 14.1. The van der Waals surface area contributed by atoms with Crippen LogP contribution in [-0.2, 0) is 17.7 Å². The molecular formula is C22H34N4O2S. The van der Waals surface area contributed by atoms with E-state index in [-0.39, 0.29) is 0 Å². The zero-order chi connectivity index (χ0) is 20.9. The summed E-state index contributed by atoms with van der Waals surface area (Å²) in [6.45, 7) is 9.49. The van der Waals surface area contributed by atoms with Crippen molar-refractivity contribution in [1.82, 2.24) is 15.6 Å². The molecule has 0 amide bonds. The van der Waals surface area contributed by atoms with Crippen molar-refractivity contribution in [2.24, 2.45) is 4.99 Å². The molecule has 0 fully saturated rings. The molecule has 2 aromatic rings. The van der Waals surface area contributed by atoms with Gasteiger partial charge in [0.05, 0.1) is 11.6 Å². The second-order valence-corrected chi connectivity index (χ2v) is 7.79. The van der Waals surface area contributed by atoms with Crippen LogP contribution in [-0.4, -0.2) is 44.4 Å². The first kappa shape index (κ1) is 23.2. The van der Waals surface area contributed by atoms with Crippen molar-refractivity contribution in [1.29, 1.82) is 0 Å². The fourth-order valence-electron chi connectivity index (χ4n) is 2.82. The van der Waals surface area contributed by atoms with Crippen molar-refractivity contribution >= 4 is 17.3 Å². The van der Waals surface area contributed by atoms with Gasteiger partial charge in [-0.1, -0.05) is 12.1 Å². The third-order valence-electron chi connectivity index (χ3n) is 4.36. The van der Waals surface area contributed by atoms with Crippen molar-refractivity contribution < 1.29 is 9.47 Å². The fourth-order valence-corrected chi connectivity index (χ4v) is 3.64. The summed E-state index contributed by atoms with van der Waals surface area (Å²) in [5.41, 5.74) is 3.40. The molecule has 160 valence electrons. The Bertz CT molecular complexity index is 761. The molecule has 0 aliphatic rings. The van der Waals surface area contributed by atoms with Crippen LogP contribution in [0.4, 0.5) is 0 Å². The largest absolute Gasteiger partial charge is 0.491 e. The Morgan fingerprint density at radius 2 is 2.03 bits per heavy atom. The Morgan fingerprint density at radius 3 is 2.76 bits per heavy atom. The van der Waals surface area contributed by atoms with Gasteiger partial charge in [0.1, 0.15) is 12.4 Å². The van der Waals surface area contributed by atoms with Crippen LogP contribution in [0.3, 0.4) is 0 Å². The zero-order valence-corrected chi connectivity index (χ0v) is 18.9. The van der Waals surface area contributed by atoms with E-state index in [4.69, 9.17) is 9.47 Å². The number of nitrogens with one attached hydrogen (secondary N) is 2. The number of unbranched alkanes of at least 4 members (excludes halogenated alkanes) is 1. The van der Waals surface area contributed by atoms with E-state index in [1.165, 1.54) is 10.6 Å². The van der Waals surface area contributed by atoms with Gasteiger partial charge in [0.25, 0.3) is 0 Å². The molecule has 29 heavy (non-hydrogen) atoms. The molecule has 0 aliphatic heterocycles. The Morgan fingerprint density at radius 1 is 1.17 bits per heavy atom. The molecule has 0 radical (unpaired) electrons. The van der Waals surface area contributed by atoms with Gasteiger partial charge in [-0.15, -0.1) is 11.3 Å². The van der Waals surface area contributed by atoms with Crippen LogP contribution in [0.1, 0.15) is 41.6 Å². The Balaban J connectivity index is 1.73. The van der Waals surface area contributed by atoms with Gasteiger partial charge in [-0.2, -0.15) is 0 Å². The molecule has 0 saturated carbocycles. The lowest BCUT2D eigenvalue weighted by Crippen LogP contribution is -2.37. The van der Waals surface area contributed by atoms with E-state index < -0.39 is 0 Å². The predicted molar refractivity (Wildman–Crippen MR) is 121 cm³/mol. The van der Waals surface area contributed by atoms with Gasteiger partial charge in [0, 0.05) is 43.4 Å². The number of hydrogen-bond donors (Lipinski definition) is 2. The molecule has 0 spiro atoms. The van der Waals surface area contributed by atoms with E-state index in [0.717, 1.165) is 48.8 Å². The summed E-state index contributed by atoms with van der Waals surface area (Å²) in [5, 5.41) is 10.1. The number of aliphatic imine (C=N–C) groups is 1. The number of nitrogens with zero attached hydrogens (tertiary/aromatic N) is 2. The van der Waals surface area contributed by atoms with Gasteiger partial charge in [0.15, 0.2) is 5.96 Å². The summed E-state index contributed by atoms with van der Waals surface area (Å²) >= 11 is 1.75. The van der Waals surface area contributed by atoms with Crippen LogP contribution < -0.4 is 15.4 Å². The van der Waals surface area contributed by atoms with Crippen LogP contribution in [0.2, 0.25) is 0 Å². The number of ether oxygens (including phenoxy) is 2. The number of thiazole rings is 1. The molecule has 0 atom stereocenters. The van der Waals surface area contributed by atoms with Gasteiger partial charge in [-0.3, -0.25) is 4.99 Å². The van der Waals surface area contributed by atoms with E-state index in [9.17, 15) is 0 Å². The van der Waals surface area contributed by atoms with E-state index in [1.54, 1.807) is 18.4 Å². The first-order valence-corrected chi connectivity index (χ1v) is 11.2. The smallest absolute Gasteiger partial charge is 0.191 e. The average molecular weight is 419 g/mol. The van der Waals surface area contributed by atoms with Gasteiger partial charge >= 0.3 is 0 Å². The van der Waals surface area contributed by atoms with Crippen LogP contribution in [0, 0.1) is 13.8 Å². The van der Waals surface area contributed by atoms with E-state index in [1.807, 2.05) is 13.8 Å². The molecule has 6 nitrogen and oxygen atoms in total. The quantitative estimate of drug-likeness (QED) is 0.311. The third-order valence-corrected chi connectivity index (χ3v) is 5.38. The summed E-state index contributed by atoms with van der Waals surface area (Å²) in [6.07, 6.45) is 3.24. The van der Waals surface area contributed by atoms with E-state index >= 15 is 0 Å². The molecule has 0 bridgehead atoms. The Labute approximate surface area is 178 Å². The third kappa shape index (κ3) is 8.83. The van der Waals surface area contributed by atoms with Crippen LogP contribution in [0.15, 0.2) is 28.6 Å². The highest BCUT2D eigenvalue weighted by atomic mass is 32.1. The highest BCUT2D eigenvalue weighted by Crippen LogP contribution is 2.20. The Hall–Kier alpha value is -2.12. The topological polar surface area (TPSA) is 67.8 Å². The van der Waals surface area contributed by atoms with Gasteiger partial charge in [-0.25, -0.2) is 4.98 Å². The second-order valence-electron chi connectivity index (χ2n) is 6.85. The summed E-state index contributed by atoms with van der Waals surface area (Å²) in [7, 11) is 1.79. The minimum atomic E-state index is 0.551. The maximum Gasteiger partial charge on any atom is 0.191 e. The predicted octanol–water partition coefficient (Wildman–Crippen LogP) is 3.86. The Kier molecular flexibility index (Phi) is 10.5. The van der Waals surface area contributed by atoms with Crippen molar-refractivity contribution in [2.75, 3.05) is 33.4 Å². The van der Waals surface area contributed by atoms with Crippen molar-refractivity contribution in [3.8, 4) is 5.75 Å². The number of benzene rings is 1. The lowest BCUT2D eigenvalue weighted by atomic mass is 10.1. The summed E-state index contributed by atoms with van der Waals surface area (Å²) in [5.74, 6) is 1.70. The highest BCUT2D eigenvalue weighted by Gasteiger charge is 2.06. The molecule has 7 heteroatoms. The van der Waals surface area contributed by atoms with Crippen molar-refractivity contribution in [3.63, 3.8) is 0 Å². The first-order valence-electron chi connectivity index (χ1n) is 10.3. The molecule has 2 rings (SSSR count).